The lowest BCUT2D eigenvalue weighted by Crippen LogP contribution is -2.00. The molecule has 0 radical (unpaired) electrons. The van der Waals surface area contributed by atoms with Gasteiger partial charge >= 0.3 is 0 Å². The van der Waals surface area contributed by atoms with Crippen LogP contribution in [0.3, 0.4) is 0 Å². The van der Waals surface area contributed by atoms with Gasteiger partial charge in [-0.2, -0.15) is 0 Å². The summed E-state index contributed by atoms with van der Waals surface area (Å²) < 4.78 is 11.4. The van der Waals surface area contributed by atoms with Crippen LogP contribution in [0.25, 0.3) is 122 Å². The molecule has 57 heavy (non-hydrogen) atoms. The third-order valence-corrected chi connectivity index (χ3v) is 11.7. The Balaban J connectivity index is 0.974. The molecule has 0 amide bonds. The minimum Gasteiger partial charge on any atom is -0.456 e. The molecule has 0 bridgehead atoms. The number of fused-ring (bicyclic) bond motifs is 4. The maximum Gasteiger partial charge on any atom is 0.164 e. The molecule has 5 heterocycles. The zero-order valence-electron chi connectivity index (χ0n) is 30.4. The Bertz CT molecular complexity index is 3610. The van der Waals surface area contributed by atoms with Gasteiger partial charge in [0.05, 0.1) is 33.0 Å². The van der Waals surface area contributed by atoms with Crippen LogP contribution in [0.1, 0.15) is 0 Å². The van der Waals surface area contributed by atoms with Crippen LogP contribution in [0.5, 0.6) is 0 Å². The van der Waals surface area contributed by atoms with Crippen LogP contribution in [-0.2, 0) is 0 Å². The molecule has 264 valence electrons. The van der Waals surface area contributed by atoms with Crippen molar-refractivity contribution in [2.45, 2.75) is 0 Å². The first kappa shape index (κ1) is 30.5. The molecule has 0 saturated carbocycles. The van der Waals surface area contributed by atoms with Crippen molar-refractivity contribution in [2.24, 2.45) is 0 Å². The van der Waals surface area contributed by atoms with E-state index in [0.29, 0.717) is 17.5 Å². The van der Waals surface area contributed by atoms with Crippen LogP contribution >= 0.6 is 0 Å². The summed E-state index contributed by atoms with van der Waals surface area (Å²) in [5.74, 6) is 1.93. The molecule has 13 rings (SSSR count). The number of furan rings is 1. The second-order valence-corrected chi connectivity index (χ2v) is 14.8. The van der Waals surface area contributed by atoms with Crippen molar-refractivity contribution >= 4 is 71.1 Å². The van der Waals surface area contributed by atoms with Crippen LogP contribution in [0.2, 0.25) is 0 Å². The SMILES string of the molecule is c1ccc(-c2nc(-c3ccccc3)nc(-c3cccc(-c4ccc(-n5c6ccc7oc8ccc9c%10ccccc%10n%10c%11cccc5c%11c6c7c8c9%10)cc4)c3)n2)cc1. The van der Waals surface area contributed by atoms with Crippen molar-refractivity contribution in [3.05, 3.63) is 176 Å². The third-order valence-electron chi connectivity index (χ3n) is 11.7. The summed E-state index contributed by atoms with van der Waals surface area (Å²) in [5.41, 5.74) is 13.9. The van der Waals surface area contributed by atoms with Gasteiger partial charge in [-0.25, -0.2) is 15.0 Å². The van der Waals surface area contributed by atoms with Gasteiger partial charge in [-0.05, 0) is 71.8 Å². The van der Waals surface area contributed by atoms with E-state index in [1.165, 1.54) is 48.9 Å². The molecule has 0 aliphatic heterocycles. The van der Waals surface area contributed by atoms with Crippen molar-refractivity contribution in [1.29, 1.82) is 0 Å². The van der Waals surface area contributed by atoms with E-state index in [4.69, 9.17) is 19.4 Å². The highest BCUT2D eigenvalue weighted by molar-refractivity contribution is 6.37. The molecule has 5 aromatic heterocycles. The first-order chi connectivity index (χ1) is 28.3. The fraction of sp³-hybridized carbons (Fsp3) is 0. The van der Waals surface area contributed by atoms with Gasteiger partial charge in [-0.1, -0.05) is 115 Å². The van der Waals surface area contributed by atoms with E-state index in [2.05, 4.69) is 124 Å². The van der Waals surface area contributed by atoms with E-state index in [1.54, 1.807) is 0 Å². The largest absolute Gasteiger partial charge is 0.456 e. The van der Waals surface area contributed by atoms with E-state index >= 15 is 0 Å². The number of benzene rings is 8. The van der Waals surface area contributed by atoms with Gasteiger partial charge in [-0.15, -0.1) is 0 Å². The minimum absolute atomic E-state index is 0.637. The third kappa shape index (κ3) is 4.26. The number of para-hydroxylation sites is 1. The molecule has 13 aromatic rings. The first-order valence-corrected chi connectivity index (χ1v) is 19.2. The van der Waals surface area contributed by atoms with Gasteiger partial charge in [0.2, 0.25) is 0 Å². The predicted octanol–water partition coefficient (Wildman–Crippen LogP) is 13.0. The Labute approximate surface area is 325 Å². The fourth-order valence-corrected chi connectivity index (χ4v) is 9.22. The summed E-state index contributed by atoms with van der Waals surface area (Å²) in [5, 5.41) is 7.33. The van der Waals surface area contributed by atoms with E-state index in [-0.39, 0.29) is 0 Å². The molecule has 0 saturated heterocycles. The molecule has 0 unspecified atom stereocenters. The summed E-state index contributed by atoms with van der Waals surface area (Å²) >= 11 is 0. The normalized spacial score (nSPS) is 12.2. The van der Waals surface area contributed by atoms with Gasteiger partial charge in [0.25, 0.3) is 0 Å². The van der Waals surface area contributed by atoms with Crippen molar-refractivity contribution in [2.75, 3.05) is 0 Å². The number of rotatable bonds is 5. The number of hydrogen-bond donors (Lipinski definition) is 0. The quantitative estimate of drug-likeness (QED) is 0.177. The van der Waals surface area contributed by atoms with Crippen LogP contribution in [-0.4, -0.2) is 23.9 Å². The van der Waals surface area contributed by atoms with Gasteiger partial charge in [-0.3, -0.25) is 0 Å². The summed E-state index contributed by atoms with van der Waals surface area (Å²) in [6.45, 7) is 0. The lowest BCUT2D eigenvalue weighted by atomic mass is 10.0. The average molecular weight is 728 g/mol. The maximum atomic E-state index is 6.58. The Hall–Kier alpha value is -7.83. The van der Waals surface area contributed by atoms with Crippen molar-refractivity contribution in [3.63, 3.8) is 0 Å². The smallest absolute Gasteiger partial charge is 0.164 e. The minimum atomic E-state index is 0.637. The highest BCUT2D eigenvalue weighted by atomic mass is 16.3. The van der Waals surface area contributed by atoms with Gasteiger partial charge < -0.3 is 13.4 Å². The van der Waals surface area contributed by atoms with Crippen LogP contribution in [0, 0.1) is 0 Å². The second-order valence-electron chi connectivity index (χ2n) is 14.8. The van der Waals surface area contributed by atoms with Gasteiger partial charge in [0, 0.05) is 49.3 Å². The van der Waals surface area contributed by atoms with Crippen molar-refractivity contribution < 1.29 is 4.42 Å². The number of aromatic nitrogens is 5. The topological polar surface area (TPSA) is 61.2 Å². The van der Waals surface area contributed by atoms with Crippen LogP contribution in [0.15, 0.2) is 180 Å². The van der Waals surface area contributed by atoms with Crippen molar-refractivity contribution in [3.8, 4) is 51.0 Å². The molecule has 0 spiro atoms. The summed E-state index contributed by atoms with van der Waals surface area (Å²) in [4.78, 5) is 14.8. The molecule has 0 aliphatic carbocycles. The molecular weight excluding hydrogens is 699 g/mol. The van der Waals surface area contributed by atoms with Crippen LogP contribution < -0.4 is 0 Å². The second kappa shape index (κ2) is 11.4. The van der Waals surface area contributed by atoms with Gasteiger partial charge in [0.15, 0.2) is 17.5 Å². The molecule has 0 N–H and O–H groups in total. The number of nitrogens with zero attached hydrogens (tertiary/aromatic N) is 5. The summed E-state index contributed by atoms with van der Waals surface area (Å²) in [6.07, 6.45) is 0. The van der Waals surface area contributed by atoms with Crippen molar-refractivity contribution in [1.82, 2.24) is 23.9 Å². The van der Waals surface area contributed by atoms with Gasteiger partial charge in [0.1, 0.15) is 11.2 Å². The zero-order chi connectivity index (χ0) is 37.2. The molecule has 0 atom stereocenters. The standard InChI is InChI=1S/C51H29N5O/c1-3-11-31(12-4-1)49-52-50(32-13-5-2-6-14-32)54-51(53-49)34-16-9-15-33(29-34)30-21-23-35(24-22-30)55-39-19-10-20-40-44(39)45-41(55)26-28-42-46(45)47-43(57-42)27-25-37-36-17-7-8-18-38(36)56(40)48(37)47/h1-29H. The fourth-order valence-electron chi connectivity index (χ4n) is 9.22. The average Bonchev–Trinajstić information content (AvgIpc) is 3.91. The van der Waals surface area contributed by atoms with E-state index in [9.17, 15) is 0 Å². The highest BCUT2D eigenvalue weighted by Crippen LogP contribution is 2.48. The predicted molar refractivity (Wildman–Crippen MR) is 232 cm³/mol. The summed E-state index contributed by atoms with van der Waals surface area (Å²) in [6, 6.07) is 61.7. The maximum absolute atomic E-state index is 6.58. The highest BCUT2D eigenvalue weighted by Gasteiger charge is 2.26. The monoisotopic (exact) mass is 727 g/mol. The molecule has 6 heteroatoms. The lowest BCUT2D eigenvalue weighted by Gasteiger charge is -2.11. The lowest BCUT2D eigenvalue weighted by molar-refractivity contribution is 0.669. The van der Waals surface area contributed by atoms with E-state index < -0.39 is 0 Å². The molecule has 8 aromatic carbocycles. The number of hydrogen-bond acceptors (Lipinski definition) is 4. The van der Waals surface area contributed by atoms with E-state index in [1.807, 2.05) is 60.7 Å². The Morgan fingerprint density at radius 2 is 0.930 bits per heavy atom. The molecular formula is C51H29N5O. The van der Waals surface area contributed by atoms with Crippen LogP contribution in [0.4, 0.5) is 0 Å². The molecule has 0 aliphatic rings. The Morgan fingerprint density at radius 1 is 0.351 bits per heavy atom. The first-order valence-electron chi connectivity index (χ1n) is 19.2. The molecule has 6 nitrogen and oxygen atoms in total. The Kier molecular flexibility index (Phi) is 6.07. The summed E-state index contributed by atoms with van der Waals surface area (Å²) in [7, 11) is 0. The zero-order valence-corrected chi connectivity index (χ0v) is 30.4. The van der Waals surface area contributed by atoms with E-state index in [0.717, 1.165) is 55.7 Å². The Morgan fingerprint density at radius 3 is 1.70 bits per heavy atom. The molecule has 0 fully saturated rings.